The molecule has 0 spiro atoms. The largest absolute Gasteiger partial charge is 0.261 e. The maximum absolute atomic E-state index is 6.44. The van der Waals surface area contributed by atoms with E-state index < -0.39 is 0 Å². The summed E-state index contributed by atoms with van der Waals surface area (Å²) < 4.78 is 1.71. The molecule has 1 N–H and O–H groups in total. The van der Waals surface area contributed by atoms with Crippen LogP contribution in [0, 0.1) is 13.8 Å². The summed E-state index contributed by atoms with van der Waals surface area (Å²) in [6.07, 6.45) is 1.66. The Morgan fingerprint density at radius 2 is 1.78 bits per heavy atom. The van der Waals surface area contributed by atoms with Crippen molar-refractivity contribution in [1.29, 1.82) is 0 Å². The van der Waals surface area contributed by atoms with E-state index in [-0.39, 0.29) is 0 Å². The van der Waals surface area contributed by atoms with E-state index in [1.54, 1.807) is 10.9 Å². The van der Waals surface area contributed by atoms with Crippen LogP contribution in [0.1, 0.15) is 16.8 Å². The van der Waals surface area contributed by atoms with Gasteiger partial charge in [0, 0.05) is 10.9 Å². The highest BCUT2D eigenvalue weighted by molar-refractivity contribution is 6.31. The van der Waals surface area contributed by atoms with Gasteiger partial charge in [-0.2, -0.15) is 10.2 Å². The van der Waals surface area contributed by atoms with Crippen molar-refractivity contribution in [2.75, 3.05) is 5.43 Å². The first-order valence-electron chi connectivity index (χ1n) is 8.59. The maximum atomic E-state index is 6.44. The summed E-state index contributed by atoms with van der Waals surface area (Å²) in [5.41, 5.74) is 7.54. The predicted octanol–water partition coefficient (Wildman–Crippen LogP) is 5.14. The molecule has 2 aromatic heterocycles. The number of anilines is 1. The number of halogens is 1. The third-order valence-electron chi connectivity index (χ3n) is 4.38. The lowest BCUT2D eigenvalue weighted by molar-refractivity contribution is 0.877. The minimum absolute atomic E-state index is 0.572. The molecule has 0 aliphatic carbocycles. The summed E-state index contributed by atoms with van der Waals surface area (Å²) in [4.78, 5) is 4.58. The lowest BCUT2D eigenvalue weighted by Gasteiger charge is -2.05. The predicted molar refractivity (Wildman–Crippen MR) is 111 cm³/mol. The number of rotatable bonds is 4. The van der Waals surface area contributed by atoms with E-state index in [0.29, 0.717) is 16.7 Å². The SMILES string of the molecule is Cc1c(/C=N/Nc2cc(C)c3ccccc3n2)nn(-c2ccccc2)c1Cl. The molecule has 6 heteroatoms. The monoisotopic (exact) mass is 375 g/mol. The minimum Gasteiger partial charge on any atom is -0.261 e. The molecule has 0 saturated heterocycles. The quantitative estimate of drug-likeness (QED) is 0.397. The van der Waals surface area contributed by atoms with Gasteiger partial charge < -0.3 is 0 Å². The zero-order valence-electron chi connectivity index (χ0n) is 15.0. The number of hydrogen-bond acceptors (Lipinski definition) is 4. The fourth-order valence-electron chi connectivity index (χ4n) is 2.92. The van der Waals surface area contributed by atoms with Gasteiger partial charge in [-0.3, -0.25) is 5.43 Å². The molecule has 0 radical (unpaired) electrons. The van der Waals surface area contributed by atoms with Gasteiger partial charge in [0.15, 0.2) is 0 Å². The number of benzene rings is 2. The van der Waals surface area contributed by atoms with Crippen LogP contribution in [0.15, 0.2) is 65.8 Å². The van der Waals surface area contributed by atoms with Crippen molar-refractivity contribution in [3.63, 3.8) is 0 Å². The number of nitrogens with one attached hydrogen (secondary N) is 1. The Balaban J connectivity index is 1.59. The van der Waals surface area contributed by atoms with Crippen molar-refractivity contribution in [2.45, 2.75) is 13.8 Å². The Bertz CT molecular complexity index is 1130. The van der Waals surface area contributed by atoms with Gasteiger partial charge in [-0.1, -0.05) is 48.0 Å². The maximum Gasteiger partial charge on any atom is 0.147 e. The Hall–Kier alpha value is -3.18. The average molecular weight is 376 g/mol. The van der Waals surface area contributed by atoms with Gasteiger partial charge in [0.2, 0.25) is 0 Å². The summed E-state index contributed by atoms with van der Waals surface area (Å²) in [7, 11) is 0. The highest BCUT2D eigenvalue weighted by Gasteiger charge is 2.12. The van der Waals surface area contributed by atoms with E-state index in [1.165, 1.54) is 0 Å². The Kier molecular flexibility index (Phi) is 4.60. The van der Waals surface area contributed by atoms with Gasteiger partial charge in [-0.25, -0.2) is 9.67 Å². The number of nitrogens with zero attached hydrogens (tertiary/aromatic N) is 4. The van der Waals surface area contributed by atoms with Gasteiger partial charge in [-0.15, -0.1) is 0 Å². The third kappa shape index (κ3) is 3.41. The van der Waals surface area contributed by atoms with Crippen molar-refractivity contribution in [3.05, 3.63) is 82.6 Å². The topological polar surface area (TPSA) is 55.1 Å². The molecule has 27 heavy (non-hydrogen) atoms. The van der Waals surface area contributed by atoms with Crippen LogP contribution >= 0.6 is 11.6 Å². The molecule has 0 atom stereocenters. The molecule has 4 rings (SSSR count). The van der Waals surface area contributed by atoms with Crippen molar-refractivity contribution >= 4 is 34.5 Å². The first kappa shape index (κ1) is 17.2. The van der Waals surface area contributed by atoms with Crippen molar-refractivity contribution in [3.8, 4) is 5.69 Å². The average Bonchev–Trinajstić information content (AvgIpc) is 2.97. The van der Waals surface area contributed by atoms with E-state index in [2.05, 4.69) is 33.6 Å². The lowest BCUT2D eigenvalue weighted by atomic mass is 10.1. The lowest BCUT2D eigenvalue weighted by Crippen LogP contribution is -1.98. The molecule has 0 saturated carbocycles. The second kappa shape index (κ2) is 7.21. The highest BCUT2D eigenvalue weighted by atomic mass is 35.5. The van der Waals surface area contributed by atoms with Gasteiger partial charge in [-0.05, 0) is 43.7 Å². The molecule has 0 aliphatic rings. The normalized spacial score (nSPS) is 11.4. The molecule has 5 nitrogen and oxygen atoms in total. The Morgan fingerprint density at radius 3 is 2.59 bits per heavy atom. The minimum atomic E-state index is 0.572. The van der Waals surface area contributed by atoms with E-state index in [0.717, 1.165) is 27.7 Å². The van der Waals surface area contributed by atoms with Crippen LogP contribution in [-0.4, -0.2) is 21.0 Å². The zero-order chi connectivity index (χ0) is 18.8. The first-order valence-corrected chi connectivity index (χ1v) is 8.97. The molecule has 0 aliphatic heterocycles. The van der Waals surface area contributed by atoms with Crippen molar-refractivity contribution < 1.29 is 0 Å². The number of aromatic nitrogens is 3. The summed E-state index contributed by atoms with van der Waals surface area (Å²) in [6, 6.07) is 19.8. The van der Waals surface area contributed by atoms with Crippen molar-refractivity contribution in [1.82, 2.24) is 14.8 Å². The first-order chi connectivity index (χ1) is 13.1. The summed E-state index contributed by atoms with van der Waals surface area (Å²) in [5, 5.41) is 10.6. The number of hydrazone groups is 1. The number of pyridine rings is 1. The van der Waals surface area contributed by atoms with Crippen molar-refractivity contribution in [2.24, 2.45) is 5.10 Å². The van der Waals surface area contributed by atoms with E-state index in [4.69, 9.17) is 11.6 Å². The van der Waals surface area contributed by atoms with E-state index >= 15 is 0 Å². The van der Waals surface area contributed by atoms with Gasteiger partial charge >= 0.3 is 0 Å². The molecule has 134 valence electrons. The van der Waals surface area contributed by atoms with Crippen LogP contribution < -0.4 is 5.43 Å². The molecule has 0 bridgehead atoms. The van der Waals surface area contributed by atoms with Crippen LogP contribution in [-0.2, 0) is 0 Å². The van der Waals surface area contributed by atoms with Crippen LogP contribution in [0.5, 0.6) is 0 Å². The smallest absolute Gasteiger partial charge is 0.147 e. The molecule has 0 unspecified atom stereocenters. The number of fused-ring (bicyclic) bond motifs is 1. The zero-order valence-corrected chi connectivity index (χ0v) is 15.8. The fraction of sp³-hybridized carbons (Fsp3) is 0.0952. The van der Waals surface area contributed by atoms with Gasteiger partial charge in [0.05, 0.1) is 17.4 Å². The molecule has 2 aromatic carbocycles. The number of para-hydroxylation sites is 2. The van der Waals surface area contributed by atoms with E-state index in [9.17, 15) is 0 Å². The molecule has 2 heterocycles. The molecular formula is C21H18ClN5. The Morgan fingerprint density at radius 1 is 1.04 bits per heavy atom. The second-order valence-electron chi connectivity index (χ2n) is 6.26. The third-order valence-corrected chi connectivity index (χ3v) is 4.82. The van der Waals surface area contributed by atoms with Gasteiger partial charge in [0.25, 0.3) is 0 Å². The van der Waals surface area contributed by atoms with Crippen LogP contribution in [0.25, 0.3) is 16.6 Å². The Labute approximate surface area is 162 Å². The van der Waals surface area contributed by atoms with Crippen LogP contribution in [0.4, 0.5) is 5.82 Å². The summed E-state index contributed by atoms with van der Waals surface area (Å²) >= 11 is 6.44. The summed E-state index contributed by atoms with van der Waals surface area (Å²) in [6.45, 7) is 3.99. The molecule has 0 fully saturated rings. The van der Waals surface area contributed by atoms with Crippen LogP contribution in [0.3, 0.4) is 0 Å². The summed E-state index contributed by atoms with van der Waals surface area (Å²) in [5.74, 6) is 0.689. The molecule has 0 amide bonds. The van der Waals surface area contributed by atoms with E-state index in [1.807, 2.05) is 61.5 Å². The highest BCUT2D eigenvalue weighted by Crippen LogP contribution is 2.22. The van der Waals surface area contributed by atoms with Gasteiger partial charge in [0.1, 0.15) is 16.7 Å². The standard InChI is InChI=1S/C21H18ClN5/c1-14-12-20(24-18-11-7-6-10-17(14)18)25-23-13-19-15(2)21(22)27(26-19)16-8-4-3-5-9-16/h3-13H,1-2H3,(H,24,25)/b23-13+. The second-order valence-corrected chi connectivity index (χ2v) is 6.62. The number of aryl methyl sites for hydroxylation is 1. The fourth-order valence-corrected chi connectivity index (χ4v) is 3.15. The number of hydrogen-bond donors (Lipinski definition) is 1. The van der Waals surface area contributed by atoms with Crippen LogP contribution in [0.2, 0.25) is 5.15 Å². The molecular weight excluding hydrogens is 358 g/mol. The molecule has 4 aromatic rings.